The van der Waals surface area contributed by atoms with E-state index in [9.17, 15) is 22.8 Å². The van der Waals surface area contributed by atoms with E-state index in [0.29, 0.717) is 17.2 Å². The topological polar surface area (TPSA) is 124 Å². The van der Waals surface area contributed by atoms with Crippen LogP contribution >= 0.6 is 0 Å². The Morgan fingerprint density at radius 3 is 2.72 bits per heavy atom. The van der Waals surface area contributed by atoms with E-state index in [1.165, 1.54) is 0 Å². The number of benzene rings is 1. The maximum atomic E-state index is 12.8. The summed E-state index contributed by atoms with van der Waals surface area (Å²) in [6.07, 6.45) is 6.14. The van der Waals surface area contributed by atoms with E-state index < -0.39 is 22.1 Å². The first kappa shape index (κ1) is 21.1. The molecule has 2 amide bonds. The molecule has 156 valence electrons. The van der Waals surface area contributed by atoms with Gasteiger partial charge in [0, 0.05) is 11.8 Å². The Balaban J connectivity index is 1.65. The Labute approximate surface area is 168 Å². The van der Waals surface area contributed by atoms with Crippen LogP contribution in [0.4, 0.5) is 0 Å². The third kappa shape index (κ3) is 5.48. The quantitative estimate of drug-likeness (QED) is 0.384. The van der Waals surface area contributed by atoms with Gasteiger partial charge >= 0.3 is 0 Å². The van der Waals surface area contributed by atoms with Gasteiger partial charge in [0.2, 0.25) is 5.91 Å². The molecule has 3 rings (SSSR count). The summed E-state index contributed by atoms with van der Waals surface area (Å²) in [6, 6.07) is 4.71. The van der Waals surface area contributed by atoms with Crippen molar-refractivity contribution in [3.63, 3.8) is 0 Å². The number of nitrogens with one attached hydrogen (secondary N) is 1. The Morgan fingerprint density at radius 2 is 2.00 bits per heavy atom. The fraction of sp³-hybridized carbons (Fsp3) is 0.474. The van der Waals surface area contributed by atoms with Crippen molar-refractivity contribution in [1.29, 1.82) is 0 Å². The number of unbranched alkanes of at least 4 members (excludes halogenated alkanes) is 2. The second-order valence-electron chi connectivity index (χ2n) is 7.12. The molecule has 9 nitrogen and oxygen atoms in total. The maximum absolute atomic E-state index is 12.8. The highest BCUT2D eigenvalue weighted by Gasteiger charge is 2.29. The lowest BCUT2D eigenvalue weighted by atomic mass is 10.0. The van der Waals surface area contributed by atoms with Crippen LogP contribution in [0.15, 0.2) is 29.2 Å². The number of piperidine rings is 1. The van der Waals surface area contributed by atoms with Crippen molar-refractivity contribution in [2.75, 3.05) is 12.9 Å². The van der Waals surface area contributed by atoms with E-state index in [-0.39, 0.29) is 30.9 Å². The number of rotatable bonds is 8. The van der Waals surface area contributed by atoms with Gasteiger partial charge in [-0.05, 0) is 43.4 Å². The normalized spacial score (nSPS) is 17.5. The van der Waals surface area contributed by atoms with E-state index >= 15 is 0 Å². The molecule has 1 unspecified atom stereocenters. The average molecular weight is 421 g/mol. The van der Waals surface area contributed by atoms with Crippen LogP contribution in [-0.2, 0) is 30.3 Å². The van der Waals surface area contributed by atoms with Crippen LogP contribution in [0.3, 0.4) is 0 Å². The lowest BCUT2D eigenvalue weighted by Crippen LogP contribution is -2.45. The molecule has 1 fully saturated rings. The zero-order valence-electron chi connectivity index (χ0n) is 16.1. The molecule has 1 N–H and O–H groups in total. The summed E-state index contributed by atoms with van der Waals surface area (Å²) in [5.41, 5.74) is 0.683. The zero-order chi connectivity index (χ0) is 21.0. The smallest absolute Gasteiger partial charge is 0.275 e. The van der Waals surface area contributed by atoms with Gasteiger partial charge in [-0.25, -0.2) is 4.68 Å². The van der Waals surface area contributed by atoms with Crippen molar-refractivity contribution in [2.24, 2.45) is 0 Å². The zero-order valence-corrected chi connectivity index (χ0v) is 16.9. The third-order valence-corrected chi connectivity index (χ3v) is 5.38. The SMILES string of the molecule is CS(=O)(=O)OCCCCCc1ccc2c(=O)n(C3CCC(=O)NC3=O)ncc2c1. The van der Waals surface area contributed by atoms with E-state index in [4.69, 9.17) is 4.18 Å². The minimum atomic E-state index is -3.39. The van der Waals surface area contributed by atoms with Gasteiger partial charge in [-0.1, -0.05) is 12.5 Å². The summed E-state index contributed by atoms with van der Waals surface area (Å²) >= 11 is 0. The summed E-state index contributed by atoms with van der Waals surface area (Å²) in [7, 11) is -3.39. The average Bonchev–Trinajstić information content (AvgIpc) is 2.65. The van der Waals surface area contributed by atoms with Gasteiger partial charge in [-0.2, -0.15) is 13.5 Å². The molecule has 2 aromatic rings. The van der Waals surface area contributed by atoms with Crippen LogP contribution < -0.4 is 10.9 Å². The lowest BCUT2D eigenvalue weighted by molar-refractivity contribution is -0.136. The van der Waals surface area contributed by atoms with Crippen LogP contribution in [0.1, 0.15) is 43.7 Å². The molecule has 29 heavy (non-hydrogen) atoms. The molecule has 1 aliphatic heterocycles. The summed E-state index contributed by atoms with van der Waals surface area (Å²) in [4.78, 5) is 36.1. The van der Waals surface area contributed by atoms with Gasteiger partial charge in [0.05, 0.1) is 24.4 Å². The minimum absolute atomic E-state index is 0.177. The summed E-state index contributed by atoms with van der Waals surface area (Å²) in [5, 5.41) is 7.55. The molecular formula is C19H23N3O6S. The summed E-state index contributed by atoms with van der Waals surface area (Å²) in [5.74, 6) is -0.848. The number of imide groups is 1. The first-order valence-corrected chi connectivity index (χ1v) is 11.2. The Morgan fingerprint density at radius 1 is 1.21 bits per heavy atom. The van der Waals surface area contributed by atoms with E-state index in [0.717, 1.165) is 35.8 Å². The first-order valence-electron chi connectivity index (χ1n) is 9.43. The molecule has 1 aromatic heterocycles. The molecule has 0 spiro atoms. The van der Waals surface area contributed by atoms with Crippen molar-refractivity contribution in [3.05, 3.63) is 40.3 Å². The number of aryl methyl sites for hydroxylation is 1. The van der Waals surface area contributed by atoms with Crippen molar-refractivity contribution in [2.45, 2.75) is 44.6 Å². The Hall–Kier alpha value is -2.59. The molecule has 0 aliphatic carbocycles. The second-order valence-corrected chi connectivity index (χ2v) is 8.76. The van der Waals surface area contributed by atoms with Crippen molar-refractivity contribution in [3.8, 4) is 0 Å². The van der Waals surface area contributed by atoms with Crippen molar-refractivity contribution >= 4 is 32.7 Å². The molecule has 0 radical (unpaired) electrons. The molecule has 1 atom stereocenters. The second kappa shape index (κ2) is 8.83. The monoisotopic (exact) mass is 421 g/mol. The fourth-order valence-corrected chi connectivity index (χ4v) is 3.75. The first-order chi connectivity index (χ1) is 13.7. The number of carbonyl (C=O) groups excluding carboxylic acids is 2. The van der Waals surface area contributed by atoms with Crippen molar-refractivity contribution in [1.82, 2.24) is 15.1 Å². The van der Waals surface area contributed by atoms with E-state index in [1.54, 1.807) is 12.3 Å². The van der Waals surface area contributed by atoms with Gasteiger partial charge in [0.15, 0.2) is 0 Å². The van der Waals surface area contributed by atoms with Crippen LogP contribution in [0, 0.1) is 0 Å². The van der Waals surface area contributed by atoms with Crippen LogP contribution in [0.5, 0.6) is 0 Å². The highest BCUT2D eigenvalue weighted by molar-refractivity contribution is 7.85. The number of nitrogens with zero attached hydrogens (tertiary/aromatic N) is 2. The van der Waals surface area contributed by atoms with Gasteiger partial charge in [-0.3, -0.25) is 23.9 Å². The molecule has 1 saturated heterocycles. The molecular weight excluding hydrogens is 398 g/mol. The summed E-state index contributed by atoms with van der Waals surface area (Å²) in [6.45, 7) is 0.181. The largest absolute Gasteiger partial charge is 0.295 e. The number of fused-ring (bicyclic) bond motifs is 1. The van der Waals surface area contributed by atoms with Gasteiger partial charge in [-0.15, -0.1) is 0 Å². The molecule has 0 bridgehead atoms. The van der Waals surface area contributed by atoms with Gasteiger partial charge < -0.3 is 0 Å². The highest BCUT2D eigenvalue weighted by Crippen LogP contribution is 2.18. The Kier molecular flexibility index (Phi) is 6.43. The fourth-order valence-electron chi connectivity index (χ4n) is 3.33. The third-order valence-electron chi connectivity index (χ3n) is 4.79. The van der Waals surface area contributed by atoms with Crippen LogP contribution in [0.25, 0.3) is 10.8 Å². The number of hydrogen-bond donors (Lipinski definition) is 1. The number of amides is 2. The number of hydrogen-bond acceptors (Lipinski definition) is 7. The van der Waals surface area contributed by atoms with Crippen LogP contribution in [-0.4, -0.2) is 42.9 Å². The standard InChI is InChI=1S/C19H23N3O6S/c1-29(26,27)28-10-4-2-3-5-13-6-7-15-14(11-13)12-20-22(19(15)25)16-8-9-17(23)21-18(16)24/h6-7,11-12,16H,2-5,8-10H2,1H3,(H,21,23,24). The molecule has 0 saturated carbocycles. The van der Waals surface area contributed by atoms with Crippen LogP contribution in [0.2, 0.25) is 0 Å². The summed E-state index contributed by atoms with van der Waals surface area (Å²) < 4.78 is 27.7. The van der Waals surface area contributed by atoms with Gasteiger partial charge in [0.1, 0.15) is 6.04 Å². The highest BCUT2D eigenvalue weighted by atomic mass is 32.2. The molecule has 1 aliphatic rings. The molecule has 2 heterocycles. The molecule has 10 heteroatoms. The number of aromatic nitrogens is 2. The minimum Gasteiger partial charge on any atom is -0.295 e. The van der Waals surface area contributed by atoms with Crippen molar-refractivity contribution < 1.29 is 22.2 Å². The predicted octanol–water partition coefficient (Wildman–Crippen LogP) is 1.06. The predicted molar refractivity (Wildman–Crippen MR) is 106 cm³/mol. The van der Waals surface area contributed by atoms with E-state index in [1.807, 2.05) is 12.1 Å². The Bertz CT molecular complexity index is 1090. The lowest BCUT2D eigenvalue weighted by Gasteiger charge is -2.21. The maximum Gasteiger partial charge on any atom is 0.275 e. The molecule has 1 aromatic carbocycles. The van der Waals surface area contributed by atoms with E-state index in [2.05, 4.69) is 10.4 Å². The van der Waals surface area contributed by atoms with Gasteiger partial charge in [0.25, 0.3) is 21.6 Å². The number of carbonyl (C=O) groups is 2.